The number of piperidine rings is 1. The van der Waals surface area contributed by atoms with Crippen LogP contribution in [-0.2, 0) is 13.1 Å². The summed E-state index contributed by atoms with van der Waals surface area (Å²) in [6.45, 7) is 4.52. The van der Waals surface area contributed by atoms with Gasteiger partial charge >= 0.3 is 0 Å². The summed E-state index contributed by atoms with van der Waals surface area (Å²) in [6.07, 6.45) is 4.02. The van der Waals surface area contributed by atoms with Gasteiger partial charge in [-0.25, -0.2) is 13.9 Å². The largest absolute Gasteiger partial charge is 0.489 e. The zero-order valence-corrected chi connectivity index (χ0v) is 19.3. The highest BCUT2D eigenvalue weighted by Gasteiger charge is 2.36. The average Bonchev–Trinajstić information content (AvgIpc) is 3.45. The molecule has 172 valence electrons. The van der Waals surface area contributed by atoms with Crippen LogP contribution in [0.3, 0.4) is 0 Å². The van der Waals surface area contributed by atoms with Gasteiger partial charge in [-0.1, -0.05) is 11.6 Å². The van der Waals surface area contributed by atoms with Crippen LogP contribution in [0.2, 0.25) is 5.02 Å². The molecule has 3 aliphatic rings. The van der Waals surface area contributed by atoms with Crippen molar-refractivity contribution in [2.24, 2.45) is 0 Å². The quantitative estimate of drug-likeness (QED) is 0.628. The maximum Gasteiger partial charge on any atom is 0.258 e. The fourth-order valence-corrected chi connectivity index (χ4v) is 5.60. The number of carbonyl (C=O) groups is 1. The summed E-state index contributed by atoms with van der Waals surface area (Å²) in [5.41, 5.74) is 4.40. The van der Waals surface area contributed by atoms with Gasteiger partial charge in [0.15, 0.2) is 5.65 Å². The molecule has 7 nitrogen and oxygen atoms in total. The number of rotatable bonds is 3. The van der Waals surface area contributed by atoms with E-state index in [1.54, 1.807) is 9.42 Å². The van der Waals surface area contributed by atoms with E-state index < -0.39 is 5.82 Å². The van der Waals surface area contributed by atoms with Gasteiger partial charge in [0.05, 0.1) is 40.8 Å². The van der Waals surface area contributed by atoms with Gasteiger partial charge in [0.25, 0.3) is 5.91 Å². The highest BCUT2D eigenvalue weighted by molar-refractivity contribution is 6.31. The number of ether oxygens (including phenoxy) is 1. The minimum absolute atomic E-state index is 0.0167. The molecule has 9 heteroatoms. The first kappa shape index (κ1) is 20.9. The van der Waals surface area contributed by atoms with Crippen molar-refractivity contribution in [3.05, 3.63) is 57.2 Å². The fraction of sp³-hybridized carbons (Fsp3) is 0.458. The van der Waals surface area contributed by atoms with Gasteiger partial charge in [-0.2, -0.15) is 5.10 Å². The molecular formula is C24H25ClFN5O2. The summed E-state index contributed by atoms with van der Waals surface area (Å²) in [4.78, 5) is 19.8. The van der Waals surface area contributed by atoms with Crippen LogP contribution in [0.1, 0.15) is 58.7 Å². The first-order valence-corrected chi connectivity index (χ1v) is 11.8. The number of hydrogen-bond acceptors (Lipinski definition) is 5. The van der Waals surface area contributed by atoms with Crippen molar-refractivity contribution in [1.82, 2.24) is 24.8 Å². The Labute approximate surface area is 195 Å². The molecule has 2 aromatic heterocycles. The molecular weight excluding hydrogens is 445 g/mol. The molecule has 3 aliphatic heterocycles. The molecule has 2 saturated heterocycles. The molecule has 1 amide bonds. The minimum atomic E-state index is -0.409. The summed E-state index contributed by atoms with van der Waals surface area (Å²) in [6, 6.07) is 5.06. The Morgan fingerprint density at radius 1 is 1.21 bits per heavy atom. The highest BCUT2D eigenvalue weighted by atomic mass is 35.5. The third-order valence-electron chi connectivity index (χ3n) is 7.14. The Bertz CT molecular complexity index is 1280. The molecule has 0 spiro atoms. The van der Waals surface area contributed by atoms with E-state index in [0.29, 0.717) is 41.5 Å². The predicted molar refractivity (Wildman–Crippen MR) is 121 cm³/mol. The second-order valence-electron chi connectivity index (χ2n) is 9.41. The zero-order valence-electron chi connectivity index (χ0n) is 18.6. The first-order valence-electron chi connectivity index (χ1n) is 11.4. The van der Waals surface area contributed by atoms with Crippen LogP contribution in [-0.4, -0.2) is 43.6 Å². The lowest BCUT2D eigenvalue weighted by molar-refractivity contribution is 0.0737. The molecule has 3 aromatic rings. The lowest BCUT2D eigenvalue weighted by atomic mass is 10.0. The van der Waals surface area contributed by atoms with Crippen LogP contribution >= 0.6 is 11.6 Å². The monoisotopic (exact) mass is 469 g/mol. The number of aryl methyl sites for hydroxylation is 2. The van der Waals surface area contributed by atoms with E-state index in [2.05, 4.69) is 15.4 Å². The van der Waals surface area contributed by atoms with Crippen molar-refractivity contribution in [2.75, 3.05) is 0 Å². The predicted octanol–water partition coefficient (Wildman–Crippen LogP) is 3.96. The Hall–Kier alpha value is -2.71. The third-order valence-corrected chi connectivity index (χ3v) is 7.69. The fourth-order valence-electron chi connectivity index (χ4n) is 5.48. The second-order valence-corrected chi connectivity index (χ2v) is 9.79. The maximum absolute atomic E-state index is 14.1. The summed E-state index contributed by atoms with van der Waals surface area (Å²) >= 11 is 6.33. The molecule has 2 unspecified atom stereocenters. The van der Waals surface area contributed by atoms with Gasteiger partial charge in [-0.3, -0.25) is 4.79 Å². The number of nitrogens with zero attached hydrogens (tertiary/aromatic N) is 4. The molecule has 6 rings (SSSR count). The number of nitrogens with one attached hydrogen (secondary N) is 1. The first-order chi connectivity index (χ1) is 15.9. The van der Waals surface area contributed by atoms with E-state index in [-0.39, 0.29) is 12.0 Å². The van der Waals surface area contributed by atoms with Gasteiger partial charge in [0, 0.05) is 23.7 Å². The highest BCUT2D eigenvalue weighted by Crippen LogP contribution is 2.34. The van der Waals surface area contributed by atoms with E-state index >= 15 is 0 Å². The van der Waals surface area contributed by atoms with Crippen molar-refractivity contribution in [3.63, 3.8) is 0 Å². The SMILES string of the molecule is Cc1nc2c3c(nn2c(C)c1Cl)CN(C(=O)c1ccc(F)cc1OC1CC2CCC(C1)N2)C3. The smallest absolute Gasteiger partial charge is 0.258 e. The topological polar surface area (TPSA) is 71.8 Å². The van der Waals surface area contributed by atoms with Crippen molar-refractivity contribution in [1.29, 1.82) is 0 Å². The summed E-state index contributed by atoms with van der Waals surface area (Å²) < 4.78 is 22.1. The maximum atomic E-state index is 14.1. The summed E-state index contributed by atoms with van der Waals surface area (Å²) in [7, 11) is 0. The van der Waals surface area contributed by atoms with E-state index in [1.165, 1.54) is 18.2 Å². The van der Waals surface area contributed by atoms with E-state index in [4.69, 9.17) is 16.3 Å². The lowest BCUT2D eigenvalue weighted by Gasteiger charge is -2.30. The van der Waals surface area contributed by atoms with Crippen LogP contribution in [0.25, 0.3) is 5.65 Å². The van der Waals surface area contributed by atoms with Gasteiger partial charge in [-0.05, 0) is 51.7 Å². The molecule has 2 fully saturated rings. The number of aromatic nitrogens is 3. The van der Waals surface area contributed by atoms with Gasteiger partial charge in [0.1, 0.15) is 17.7 Å². The Balaban J connectivity index is 1.27. The number of fused-ring (bicyclic) bond motifs is 5. The molecule has 33 heavy (non-hydrogen) atoms. The Morgan fingerprint density at radius 2 is 1.97 bits per heavy atom. The van der Waals surface area contributed by atoms with Crippen molar-refractivity contribution in [3.8, 4) is 5.75 Å². The number of amides is 1. The van der Waals surface area contributed by atoms with E-state index in [0.717, 1.165) is 54.0 Å². The van der Waals surface area contributed by atoms with Crippen LogP contribution in [0.15, 0.2) is 18.2 Å². The summed E-state index contributed by atoms with van der Waals surface area (Å²) in [5.74, 6) is -0.282. The number of hydrogen-bond donors (Lipinski definition) is 1. The normalized spacial score (nSPS) is 23.9. The van der Waals surface area contributed by atoms with Crippen molar-refractivity contribution >= 4 is 23.2 Å². The van der Waals surface area contributed by atoms with Crippen molar-refractivity contribution in [2.45, 2.75) is 70.8 Å². The Morgan fingerprint density at radius 3 is 2.73 bits per heavy atom. The number of halogens is 2. The lowest BCUT2D eigenvalue weighted by Crippen LogP contribution is -2.42. The molecule has 1 N–H and O–H groups in total. The number of benzene rings is 1. The molecule has 2 bridgehead atoms. The zero-order chi connectivity index (χ0) is 22.9. The molecule has 1 aromatic carbocycles. The van der Waals surface area contributed by atoms with Crippen molar-refractivity contribution < 1.29 is 13.9 Å². The Kier molecular flexibility index (Phi) is 4.85. The molecule has 0 aliphatic carbocycles. The average molecular weight is 470 g/mol. The van der Waals surface area contributed by atoms with Gasteiger partial charge in [0.2, 0.25) is 0 Å². The molecule has 0 saturated carbocycles. The standard InChI is InChI=1S/C24H25ClFN5O2/c1-12-22(25)13(2)31-23(27-12)19-10-30(11-20(19)29-31)24(32)18-6-3-14(26)7-21(18)33-17-8-15-4-5-16(9-17)28-15/h3,6-7,15-17,28H,4-5,8-11H2,1-2H3. The number of carbonyl (C=O) groups excluding carboxylic acids is 1. The van der Waals surface area contributed by atoms with E-state index in [9.17, 15) is 9.18 Å². The van der Waals surface area contributed by atoms with Gasteiger partial charge in [-0.15, -0.1) is 0 Å². The second kappa shape index (κ2) is 7.67. The van der Waals surface area contributed by atoms with Crippen LogP contribution in [0.5, 0.6) is 5.75 Å². The molecule has 2 atom stereocenters. The molecule has 0 radical (unpaired) electrons. The van der Waals surface area contributed by atoms with Gasteiger partial charge < -0.3 is 15.0 Å². The third kappa shape index (κ3) is 3.47. The molecule has 5 heterocycles. The summed E-state index contributed by atoms with van der Waals surface area (Å²) in [5, 5.41) is 8.83. The van der Waals surface area contributed by atoms with Crippen LogP contribution in [0.4, 0.5) is 4.39 Å². The van der Waals surface area contributed by atoms with Crippen LogP contribution < -0.4 is 10.1 Å². The van der Waals surface area contributed by atoms with Crippen LogP contribution in [0, 0.1) is 19.7 Å². The minimum Gasteiger partial charge on any atom is -0.489 e. The van der Waals surface area contributed by atoms with E-state index in [1.807, 2.05) is 13.8 Å².